The first-order valence-electron chi connectivity index (χ1n) is 3.54. The summed E-state index contributed by atoms with van der Waals surface area (Å²) < 4.78 is 10.5. The SMILES string of the molecule is COCc1cc(Br)sc1C(=O)OC. The minimum Gasteiger partial charge on any atom is -0.465 e. The molecule has 0 spiro atoms. The van der Waals surface area contributed by atoms with Crippen molar-refractivity contribution in [3.05, 3.63) is 20.3 Å². The lowest BCUT2D eigenvalue weighted by Gasteiger charge is -1.99. The van der Waals surface area contributed by atoms with Crippen LogP contribution in [0.4, 0.5) is 0 Å². The molecule has 0 atom stereocenters. The number of esters is 1. The van der Waals surface area contributed by atoms with Gasteiger partial charge < -0.3 is 9.47 Å². The third-order valence-corrected chi connectivity index (χ3v) is 3.11. The Morgan fingerprint density at radius 3 is 2.85 bits per heavy atom. The number of thiophene rings is 1. The van der Waals surface area contributed by atoms with Gasteiger partial charge in [0.1, 0.15) is 4.88 Å². The van der Waals surface area contributed by atoms with E-state index in [0.717, 1.165) is 9.35 Å². The number of hydrogen-bond acceptors (Lipinski definition) is 4. The molecule has 1 aromatic rings. The monoisotopic (exact) mass is 264 g/mol. The Morgan fingerprint density at radius 1 is 1.62 bits per heavy atom. The van der Waals surface area contributed by atoms with Gasteiger partial charge in [0.2, 0.25) is 0 Å². The summed E-state index contributed by atoms with van der Waals surface area (Å²) in [6.07, 6.45) is 0. The molecule has 0 aromatic carbocycles. The number of hydrogen-bond donors (Lipinski definition) is 0. The molecule has 0 aliphatic heterocycles. The van der Waals surface area contributed by atoms with Crippen LogP contribution in [0.5, 0.6) is 0 Å². The van der Waals surface area contributed by atoms with E-state index in [4.69, 9.17) is 4.74 Å². The molecular formula is C8H9BrO3S. The summed E-state index contributed by atoms with van der Waals surface area (Å²) in [5.74, 6) is -0.317. The Bertz CT molecular complexity index is 308. The Balaban J connectivity index is 2.96. The molecule has 13 heavy (non-hydrogen) atoms. The Labute approximate surface area is 88.8 Å². The van der Waals surface area contributed by atoms with Crippen LogP contribution in [0.3, 0.4) is 0 Å². The highest BCUT2D eigenvalue weighted by molar-refractivity contribution is 9.11. The van der Waals surface area contributed by atoms with Crippen LogP contribution in [-0.2, 0) is 16.1 Å². The first kappa shape index (κ1) is 10.7. The normalized spacial score (nSPS) is 10.1. The fourth-order valence-electron chi connectivity index (χ4n) is 0.923. The minimum atomic E-state index is -0.317. The number of rotatable bonds is 3. The quantitative estimate of drug-likeness (QED) is 0.787. The standard InChI is InChI=1S/C8H9BrO3S/c1-11-4-5-3-6(9)13-7(5)8(10)12-2/h3H,4H2,1-2H3. The highest BCUT2D eigenvalue weighted by Gasteiger charge is 2.15. The molecule has 0 saturated carbocycles. The van der Waals surface area contributed by atoms with E-state index in [1.54, 1.807) is 7.11 Å². The van der Waals surface area contributed by atoms with Gasteiger partial charge in [-0.3, -0.25) is 0 Å². The minimum absolute atomic E-state index is 0.317. The van der Waals surface area contributed by atoms with E-state index in [-0.39, 0.29) is 5.97 Å². The first-order valence-corrected chi connectivity index (χ1v) is 5.15. The number of carbonyl (C=O) groups excluding carboxylic acids is 1. The molecule has 3 nitrogen and oxygen atoms in total. The smallest absolute Gasteiger partial charge is 0.348 e. The molecule has 72 valence electrons. The number of ether oxygens (including phenoxy) is 2. The van der Waals surface area contributed by atoms with Gasteiger partial charge in [-0.05, 0) is 22.0 Å². The molecule has 1 rings (SSSR count). The van der Waals surface area contributed by atoms with E-state index in [9.17, 15) is 4.79 Å². The molecule has 0 fully saturated rings. The van der Waals surface area contributed by atoms with Crippen LogP contribution in [0.2, 0.25) is 0 Å². The lowest BCUT2D eigenvalue weighted by Crippen LogP contribution is -2.02. The van der Waals surface area contributed by atoms with Crippen molar-refractivity contribution < 1.29 is 14.3 Å². The van der Waals surface area contributed by atoms with E-state index in [1.807, 2.05) is 6.07 Å². The number of halogens is 1. The van der Waals surface area contributed by atoms with Crippen molar-refractivity contribution in [2.24, 2.45) is 0 Å². The highest BCUT2D eigenvalue weighted by Crippen LogP contribution is 2.28. The van der Waals surface area contributed by atoms with Gasteiger partial charge in [-0.25, -0.2) is 4.79 Å². The van der Waals surface area contributed by atoms with Gasteiger partial charge in [-0.2, -0.15) is 0 Å². The van der Waals surface area contributed by atoms with Gasteiger partial charge in [-0.15, -0.1) is 11.3 Å². The van der Waals surface area contributed by atoms with Crippen molar-refractivity contribution in [1.29, 1.82) is 0 Å². The predicted molar refractivity (Wildman–Crippen MR) is 54.1 cm³/mol. The second-order valence-corrected chi connectivity index (χ2v) is 4.76. The second kappa shape index (κ2) is 4.74. The summed E-state index contributed by atoms with van der Waals surface area (Å²) in [5.41, 5.74) is 0.853. The fraction of sp³-hybridized carbons (Fsp3) is 0.375. The average Bonchev–Trinajstić information content (AvgIpc) is 2.46. The van der Waals surface area contributed by atoms with E-state index in [0.29, 0.717) is 11.5 Å². The molecule has 0 amide bonds. The topological polar surface area (TPSA) is 35.5 Å². The molecule has 0 bridgehead atoms. The third-order valence-electron chi connectivity index (χ3n) is 1.45. The van der Waals surface area contributed by atoms with Gasteiger partial charge in [0.15, 0.2) is 0 Å². The fourth-order valence-corrected chi connectivity index (χ4v) is 2.50. The molecule has 0 radical (unpaired) electrons. The van der Waals surface area contributed by atoms with Crippen LogP contribution < -0.4 is 0 Å². The van der Waals surface area contributed by atoms with Crippen molar-refractivity contribution in [2.75, 3.05) is 14.2 Å². The summed E-state index contributed by atoms with van der Waals surface area (Å²) in [5, 5.41) is 0. The highest BCUT2D eigenvalue weighted by atomic mass is 79.9. The van der Waals surface area contributed by atoms with Crippen LogP contribution in [0, 0.1) is 0 Å². The van der Waals surface area contributed by atoms with Crippen LogP contribution in [0.15, 0.2) is 9.85 Å². The lowest BCUT2D eigenvalue weighted by molar-refractivity contribution is 0.0602. The molecule has 0 aliphatic rings. The van der Waals surface area contributed by atoms with E-state index in [2.05, 4.69) is 20.7 Å². The maximum absolute atomic E-state index is 11.2. The van der Waals surface area contributed by atoms with Gasteiger partial charge in [0.25, 0.3) is 0 Å². The third kappa shape index (κ3) is 2.52. The second-order valence-electron chi connectivity index (χ2n) is 2.33. The van der Waals surface area contributed by atoms with Crippen LogP contribution in [0.25, 0.3) is 0 Å². The van der Waals surface area contributed by atoms with Crippen molar-refractivity contribution in [3.63, 3.8) is 0 Å². The zero-order chi connectivity index (χ0) is 9.84. The summed E-state index contributed by atoms with van der Waals surface area (Å²) >= 11 is 4.65. The van der Waals surface area contributed by atoms with Crippen molar-refractivity contribution >= 4 is 33.2 Å². The van der Waals surface area contributed by atoms with Crippen molar-refractivity contribution in [1.82, 2.24) is 0 Å². The maximum atomic E-state index is 11.2. The molecule has 0 N–H and O–H groups in total. The summed E-state index contributed by atoms with van der Waals surface area (Å²) in [4.78, 5) is 11.8. The predicted octanol–water partition coefficient (Wildman–Crippen LogP) is 2.44. The van der Waals surface area contributed by atoms with Gasteiger partial charge in [-0.1, -0.05) is 0 Å². The first-order chi connectivity index (χ1) is 6.19. The van der Waals surface area contributed by atoms with Crippen LogP contribution in [0.1, 0.15) is 15.2 Å². The number of methoxy groups -OCH3 is 2. The lowest BCUT2D eigenvalue weighted by atomic mass is 10.3. The Hall–Kier alpha value is -0.390. The van der Waals surface area contributed by atoms with Gasteiger partial charge in [0.05, 0.1) is 17.5 Å². The molecule has 0 saturated heterocycles. The maximum Gasteiger partial charge on any atom is 0.348 e. The van der Waals surface area contributed by atoms with Crippen molar-refractivity contribution in [3.8, 4) is 0 Å². The molecule has 5 heteroatoms. The van der Waals surface area contributed by atoms with Crippen LogP contribution in [-0.4, -0.2) is 20.2 Å². The molecule has 1 aromatic heterocycles. The van der Waals surface area contributed by atoms with Gasteiger partial charge >= 0.3 is 5.97 Å². The van der Waals surface area contributed by atoms with Gasteiger partial charge in [0, 0.05) is 12.7 Å². The van der Waals surface area contributed by atoms with E-state index < -0.39 is 0 Å². The Morgan fingerprint density at radius 2 is 2.31 bits per heavy atom. The molecular weight excluding hydrogens is 256 g/mol. The summed E-state index contributed by atoms with van der Waals surface area (Å²) in [6, 6.07) is 1.86. The van der Waals surface area contributed by atoms with E-state index >= 15 is 0 Å². The van der Waals surface area contributed by atoms with E-state index in [1.165, 1.54) is 18.4 Å². The molecule has 0 aliphatic carbocycles. The Kier molecular flexibility index (Phi) is 3.90. The average molecular weight is 265 g/mol. The zero-order valence-corrected chi connectivity index (χ0v) is 9.70. The molecule has 0 unspecified atom stereocenters. The summed E-state index contributed by atoms with van der Waals surface area (Å²) in [6.45, 7) is 0.423. The van der Waals surface area contributed by atoms with Crippen LogP contribution >= 0.6 is 27.3 Å². The van der Waals surface area contributed by atoms with Crippen molar-refractivity contribution in [2.45, 2.75) is 6.61 Å². The zero-order valence-electron chi connectivity index (χ0n) is 7.30. The largest absolute Gasteiger partial charge is 0.465 e. The number of carbonyl (C=O) groups is 1. The summed E-state index contributed by atoms with van der Waals surface area (Å²) in [7, 11) is 2.96. The molecule has 1 heterocycles.